The number of likely N-dealkylation sites (tertiary alicyclic amines) is 1. The zero-order chi connectivity index (χ0) is 18.3. The van der Waals surface area contributed by atoms with Crippen molar-refractivity contribution < 1.29 is 9.90 Å². The molecule has 1 amide bonds. The van der Waals surface area contributed by atoms with Crippen molar-refractivity contribution in [1.29, 1.82) is 0 Å². The third kappa shape index (κ3) is 3.47. The normalized spacial score (nSPS) is 25.3. The van der Waals surface area contributed by atoms with E-state index in [0.29, 0.717) is 31.7 Å². The molecule has 2 aliphatic heterocycles. The molecule has 4 rings (SSSR count). The second-order valence-corrected chi connectivity index (χ2v) is 7.88. The Morgan fingerprint density at radius 3 is 2.73 bits per heavy atom. The molecule has 7 heteroatoms. The lowest BCUT2D eigenvalue weighted by Crippen LogP contribution is -2.52. The summed E-state index contributed by atoms with van der Waals surface area (Å²) in [5, 5.41) is 11.0. The van der Waals surface area contributed by atoms with Gasteiger partial charge in [0.1, 0.15) is 11.3 Å². The number of pyridine rings is 1. The number of β-amino-alcohol motifs (C(OH)–C–C–N with tert-alkyl or cyclic N) is 1. The van der Waals surface area contributed by atoms with E-state index in [4.69, 9.17) is 0 Å². The predicted octanol–water partition coefficient (Wildman–Crippen LogP) is 0.467. The van der Waals surface area contributed by atoms with E-state index in [0.717, 1.165) is 37.4 Å². The molecule has 2 aromatic heterocycles. The average molecular weight is 357 g/mol. The standard InChI is InChI=1S/C19H27N5O2/c1-15-3-4-17-20-16(12-24(17)11-15)18(25)23-6-5-19(26,14-23)13-22-9-7-21(2)8-10-22/h3-4,11-12,26H,5-10,13-14H2,1-2H3/t19-/m1/s1. The summed E-state index contributed by atoms with van der Waals surface area (Å²) in [7, 11) is 2.12. The molecular weight excluding hydrogens is 330 g/mol. The summed E-state index contributed by atoms with van der Waals surface area (Å²) in [5.41, 5.74) is 1.52. The fourth-order valence-corrected chi connectivity index (χ4v) is 3.95. The van der Waals surface area contributed by atoms with E-state index in [1.165, 1.54) is 0 Å². The van der Waals surface area contributed by atoms with Gasteiger partial charge < -0.3 is 19.3 Å². The van der Waals surface area contributed by atoms with Gasteiger partial charge in [-0.25, -0.2) is 4.98 Å². The molecule has 0 aromatic carbocycles. The van der Waals surface area contributed by atoms with Crippen LogP contribution in [-0.4, -0.2) is 93.6 Å². The topological polar surface area (TPSA) is 64.3 Å². The summed E-state index contributed by atoms with van der Waals surface area (Å²) < 4.78 is 1.88. The van der Waals surface area contributed by atoms with Crippen LogP contribution in [0.4, 0.5) is 0 Å². The largest absolute Gasteiger partial charge is 0.387 e. The molecule has 2 aromatic rings. The molecule has 2 fully saturated rings. The van der Waals surface area contributed by atoms with Crippen LogP contribution in [0.2, 0.25) is 0 Å². The van der Waals surface area contributed by atoms with Crippen LogP contribution < -0.4 is 0 Å². The van der Waals surface area contributed by atoms with Gasteiger partial charge in [0, 0.05) is 51.7 Å². The summed E-state index contributed by atoms with van der Waals surface area (Å²) in [4.78, 5) is 23.6. The first-order valence-electron chi connectivity index (χ1n) is 9.30. The summed E-state index contributed by atoms with van der Waals surface area (Å²) in [6.45, 7) is 7.60. The van der Waals surface area contributed by atoms with E-state index >= 15 is 0 Å². The molecule has 140 valence electrons. The number of hydrogen-bond acceptors (Lipinski definition) is 5. The summed E-state index contributed by atoms with van der Waals surface area (Å²) in [6.07, 6.45) is 4.37. The Balaban J connectivity index is 1.42. The predicted molar refractivity (Wildman–Crippen MR) is 99.3 cm³/mol. The van der Waals surface area contributed by atoms with E-state index in [1.807, 2.05) is 29.7 Å². The van der Waals surface area contributed by atoms with Crippen LogP contribution in [0, 0.1) is 6.92 Å². The third-order valence-corrected chi connectivity index (χ3v) is 5.55. The van der Waals surface area contributed by atoms with Gasteiger partial charge in [-0.2, -0.15) is 0 Å². The van der Waals surface area contributed by atoms with Gasteiger partial charge in [-0.05, 0) is 32.0 Å². The minimum Gasteiger partial charge on any atom is -0.387 e. The van der Waals surface area contributed by atoms with E-state index < -0.39 is 5.60 Å². The summed E-state index contributed by atoms with van der Waals surface area (Å²) >= 11 is 0. The van der Waals surface area contributed by atoms with Crippen LogP contribution in [0.5, 0.6) is 0 Å². The molecule has 0 unspecified atom stereocenters. The molecule has 4 heterocycles. The highest BCUT2D eigenvalue weighted by Crippen LogP contribution is 2.24. The number of rotatable bonds is 3. The molecule has 26 heavy (non-hydrogen) atoms. The molecule has 0 saturated carbocycles. The van der Waals surface area contributed by atoms with E-state index in [1.54, 1.807) is 11.1 Å². The van der Waals surface area contributed by atoms with Crippen LogP contribution in [0.25, 0.3) is 5.65 Å². The average Bonchev–Trinajstić information content (AvgIpc) is 3.20. The number of hydrogen-bond donors (Lipinski definition) is 1. The van der Waals surface area contributed by atoms with Crippen molar-refractivity contribution in [3.8, 4) is 0 Å². The number of aliphatic hydroxyl groups is 1. The number of likely N-dealkylation sites (N-methyl/N-ethyl adjacent to an activating group) is 1. The SMILES string of the molecule is Cc1ccc2nc(C(=O)N3CC[C@@](O)(CN4CCN(C)CC4)C3)cn2c1. The number of piperazine rings is 1. The van der Waals surface area contributed by atoms with Gasteiger partial charge in [0.15, 0.2) is 0 Å². The van der Waals surface area contributed by atoms with E-state index in [2.05, 4.69) is 21.8 Å². The Kier molecular flexibility index (Phi) is 4.46. The Morgan fingerprint density at radius 2 is 1.96 bits per heavy atom. The lowest BCUT2D eigenvalue weighted by Gasteiger charge is -2.36. The van der Waals surface area contributed by atoms with Crippen molar-refractivity contribution in [3.05, 3.63) is 35.8 Å². The van der Waals surface area contributed by atoms with Crippen molar-refractivity contribution >= 4 is 11.6 Å². The Hall–Kier alpha value is -1.96. The number of amides is 1. The number of carbonyl (C=O) groups is 1. The molecule has 0 aliphatic carbocycles. The van der Waals surface area contributed by atoms with E-state index in [-0.39, 0.29) is 5.91 Å². The second kappa shape index (κ2) is 6.64. The van der Waals surface area contributed by atoms with Gasteiger partial charge >= 0.3 is 0 Å². The first kappa shape index (κ1) is 17.5. The van der Waals surface area contributed by atoms with Crippen molar-refractivity contribution in [2.24, 2.45) is 0 Å². The zero-order valence-electron chi connectivity index (χ0n) is 15.6. The van der Waals surface area contributed by atoms with Crippen molar-refractivity contribution in [1.82, 2.24) is 24.1 Å². The third-order valence-electron chi connectivity index (χ3n) is 5.55. The van der Waals surface area contributed by atoms with Gasteiger partial charge in [-0.1, -0.05) is 6.07 Å². The Bertz CT molecular complexity index is 811. The highest BCUT2D eigenvalue weighted by molar-refractivity contribution is 5.93. The fourth-order valence-electron chi connectivity index (χ4n) is 3.95. The highest BCUT2D eigenvalue weighted by atomic mass is 16.3. The number of aromatic nitrogens is 2. The maximum absolute atomic E-state index is 12.8. The zero-order valence-corrected chi connectivity index (χ0v) is 15.6. The number of aryl methyl sites for hydroxylation is 1. The molecule has 7 nitrogen and oxygen atoms in total. The van der Waals surface area contributed by atoms with Crippen LogP contribution in [0.1, 0.15) is 22.5 Å². The maximum Gasteiger partial charge on any atom is 0.274 e. The molecule has 2 saturated heterocycles. The Labute approximate surface area is 153 Å². The number of imidazole rings is 1. The van der Waals surface area contributed by atoms with Crippen LogP contribution in [0.15, 0.2) is 24.5 Å². The molecule has 0 spiro atoms. The van der Waals surface area contributed by atoms with Crippen LogP contribution in [-0.2, 0) is 0 Å². The lowest BCUT2D eigenvalue weighted by atomic mass is 10.0. The first-order valence-corrected chi connectivity index (χ1v) is 9.30. The fraction of sp³-hybridized carbons (Fsp3) is 0.579. The monoisotopic (exact) mass is 357 g/mol. The highest BCUT2D eigenvalue weighted by Gasteiger charge is 2.40. The number of nitrogens with zero attached hydrogens (tertiary/aromatic N) is 5. The summed E-state index contributed by atoms with van der Waals surface area (Å²) in [5.74, 6) is -0.0966. The van der Waals surface area contributed by atoms with Gasteiger partial charge in [-0.15, -0.1) is 0 Å². The maximum atomic E-state index is 12.8. The smallest absolute Gasteiger partial charge is 0.274 e. The molecule has 0 bridgehead atoms. The molecule has 1 atom stereocenters. The number of carbonyl (C=O) groups excluding carboxylic acids is 1. The van der Waals surface area contributed by atoms with Crippen molar-refractivity contribution in [2.45, 2.75) is 18.9 Å². The minimum atomic E-state index is -0.818. The quantitative estimate of drug-likeness (QED) is 0.865. The molecular formula is C19H27N5O2. The lowest BCUT2D eigenvalue weighted by molar-refractivity contribution is 0.000485. The summed E-state index contributed by atoms with van der Waals surface area (Å²) in [6, 6.07) is 3.90. The molecule has 0 radical (unpaired) electrons. The van der Waals surface area contributed by atoms with Crippen LogP contribution in [0.3, 0.4) is 0 Å². The van der Waals surface area contributed by atoms with Crippen molar-refractivity contribution in [2.75, 3.05) is 52.9 Å². The van der Waals surface area contributed by atoms with Gasteiger partial charge in [0.2, 0.25) is 0 Å². The van der Waals surface area contributed by atoms with Crippen LogP contribution >= 0.6 is 0 Å². The number of fused-ring (bicyclic) bond motifs is 1. The molecule has 1 N–H and O–H groups in total. The van der Waals surface area contributed by atoms with Gasteiger partial charge in [0.25, 0.3) is 5.91 Å². The van der Waals surface area contributed by atoms with Crippen molar-refractivity contribution in [3.63, 3.8) is 0 Å². The second-order valence-electron chi connectivity index (χ2n) is 7.88. The first-order chi connectivity index (χ1) is 12.4. The minimum absolute atomic E-state index is 0.0966. The molecule has 2 aliphatic rings. The van der Waals surface area contributed by atoms with Gasteiger partial charge in [0.05, 0.1) is 12.1 Å². The Morgan fingerprint density at radius 1 is 1.19 bits per heavy atom. The van der Waals surface area contributed by atoms with E-state index in [9.17, 15) is 9.90 Å². The van der Waals surface area contributed by atoms with Gasteiger partial charge in [-0.3, -0.25) is 9.69 Å².